The summed E-state index contributed by atoms with van der Waals surface area (Å²) in [7, 11) is 0. The van der Waals surface area contributed by atoms with Crippen LogP contribution < -0.4 is 0 Å². The summed E-state index contributed by atoms with van der Waals surface area (Å²) in [4.78, 5) is 0. The molecule has 3 aromatic rings. The molecule has 0 bridgehead atoms. The van der Waals surface area contributed by atoms with Crippen LogP contribution in [0.3, 0.4) is 0 Å². The first-order valence-electron chi connectivity index (χ1n) is 8.38. The highest BCUT2D eigenvalue weighted by molar-refractivity contribution is 7.99. The van der Waals surface area contributed by atoms with Crippen LogP contribution in [0, 0.1) is 12.7 Å². The van der Waals surface area contributed by atoms with E-state index in [-0.39, 0.29) is 5.82 Å². The van der Waals surface area contributed by atoms with Crippen molar-refractivity contribution in [1.29, 1.82) is 0 Å². The minimum Gasteiger partial charge on any atom is -0.416 e. The maximum atomic E-state index is 13.6. The quantitative estimate of drug-likeness (QED) is 0.421. The van der Waals surface area contributed by atoms with Crippen LogP contribution in [-0.2, 0) is 13.0 Å². The molecule has 0 radical (unpaired) electrons. The Morgan fingerprint density at radius 1 is 1.16 bits per heavy atom. The summed E-state index contributed by atoms with van der Waals surface area (Å²) in [5.41, 5.74) is 1.76. The molecule has 0 aliphatic rings. The fraction of sp³-hybridized carbons (Fsp3) is 0.389. The van der Waals surface area contributed by atoms with E-state index in [1.165, 1.54) is 11.6 Å². The summed E-state index contributed by atoms with van der Waals surface area (Å²) in [6.45, 7) is 3.00. The molecule has 0 fully saturated rings. The minimum atomic E-state index is -0.248. The van der Waals surface area contributed by atoms with Gasteiger partial charge in [-0.15, -0.1) is 10.2 Å². The molecule has 0 atom stereocenters. The second-order valence-electron chi connectivity index (χ2n) is 5.92. The molecule has 1 aromatic carbocycles. The van der Waals surface area contributed by atoms with E-state index in [1.54, 1.807) is 30.0 Å². The molecule has 132 valence electrons. The van der Waals surface area contributed by atoms with Gasteiger partial charge in [-0.3, -0.25) is 4.68 Å². The predicted molar refractivity (Wildman–Crippen MR) is 95.0 cm³/mol. The van der Waals surface area contributed by atoms with E-state index in [4.69, 9.17) is 4.42 Å². The van der Waals surface area contributed by atoms with Gasteiger partial charge >= 0.3 is 0 Å². The number of hydrogen-bond donors (Lipinski definition) is 0. The number of nitrogens with zero attached hydrogens (tertiary/aromatic N) is 4. The average molecular weight is 360 g/mol. The normalized spacial score (nSPS) is 11.1. The van der Waals surface area contributed by atoms with Crippen molar-refractivity contribution in [1.82, 2.24) is 20.0 Å². The highest BCUT2D eigenvalue weighted by Gasteiger charge is 2.10. The van der Waals surface area contributed by atoms with Gasteiger partial charge in [0.25, 0.3) is 5.22 Å². The highest BCUT2D eigenvalue weighted by Crippen LogP contribution is 2.20. The number of rotatable bonds is 9. The number of halogens is 1. The summed E-state index contributed by atoms with van der Waals surface area (Å²) < 4.78 is 21.2. The smallest absolute Gasteiger partial charge is 0.276 e. The summed E-state index contributed by atoms with van der Waals surface area (Å²) in [5.74, 6) is 1.13. The van der Waals surface area contributed by atoms with Crippen molar-refractivity contribution in [2.75, 3.05) is 5.75 Å². The zero-order valence-electron chi connectivity index (χ0n) is 14.2. The second-order valence-corrected chi connectivity index (χ2v) is 6.97. The van der Waals surface area contributed by atoms with E-state index in [9.17, 15) is 4.39 Å². The Kier molecular flexibility index (Phi) is 6.22. The number of aromatic nitrogens is 4. The van der Waals surface area contributed by atoms with Crippen molar-refractivity contribution in [2.45, 2.75) is 44.4 Å². The number of benzene rings is 1. The lowest BCUT2D eigenvalue weighted by atomic mass is 10.1. The van der Waals surface area contributed by atoms with Crippen LogP contribution in [0.5, 0.6) is 0 Å². The summed E-state index contributed by atoms with van der Waals surface area (Å²) in [5, 5.41) is 12.8. The lowest BCUT2D eigenvalue weighted by molar-refractivity contribution is 0.418. The number of aryl methyl sites for hydroxylation is 2. The van der Waals surface area contributed by atoms with E-state index >= 15 is 0 Å². The van der Waals surface area contributed by atoms with E-state index < -0.39 is 0 Å². The van der Waals surface area contributed by atoms with E-state index in [0.29, 0.717) is 23.1 Å². The van der Waals surface area contributed by atoms with Crippen molar-refractivity contribution in [3.05, 3.63) is 59.5 Å². The Hall–Kier alpha value is -2.15. The highest BCUT2D eigenvalue weighted by atomic mass is 32.2. The molecule has 0 amide bonds. The molecule has 2 heterocycles. The van der Waals surface area contributed by atoms with Crippen LogP contribution in [0.1, 0.15) is 36.3 Å². The third-order valence-corrected chi connectivity index (χ3v) is 4.67. The second kappa shape index (κ2) is 8.80. The molecule has 0 aliphatic heterocycles. The van der Waals surface area contributed by atoms with Crippen LogP contribution in [-0.4, -0.2) is 25.7 Å². The maximum absolute atomic E-state index is 13.6. The molecule has 0 saturated heterocycles. The minimum absolute atomic E-state index is 0.248. The SMILES string of the molecule is Cc1cnn(CCCCCSc2nnc(Cc3ccccc3F)o2)c1. The fourth-order valence-corrected chi connectivity index (χ4v) is 3.25. The van der Waals surface area contributed by atoms with Gasteiger partial charge in [0.2, 0.25) is 5.89 Å². The maximum Gasteiger partial charge on any atom is 0.276 e. The molecule has 25 heavy (non-hydrogen) atoms. The number of unbranched alkanes of at least 4 members (excludes halogenated alkanes) is 2. The first-order valence-corrected chi connectivity index (χ1v) is 9.37. The topological polar surface area (TPSA) is 56.7 Å². The van der Waals surface area contributed by atoms with Gasteiger partial charge in [0.05, 0.1) is 12.6 Å². The summed E-state index contributed by atoms with van der Waals surface area (Å²) in [6, 6.07) is 6.63. The largest absolute Gasteiger partial charge is 0.416 e. The van der Waals surface area contributed by atoms with Gasteiger partial charge in [0.15, 0.2) is 0 Å². The van der Waals surface area contributed by atoms with Crippen molar-refractivity contribution in [2.24, 2.45) is 0 Å². The van der Waals surface area contributed by atoms with Crippen LogP contribution in [0.15, 0.2) is 46.3 Å². The summed E-state index contributed by atoms with van der Waals surface area (Å²) in [6.07, 6.45) is 7.57. The first-order chi connectivity index (χ1) is 12.2. The molecule has 0 saturated carbocycles. The van der Waals surface area contributed by atoms with Crippen molar-refractivity contribution >= 4 is 11.8 Å². The molecule has 0 unspecified atom stereocenters. The zero-order valence-corrected chi connectivity index (χ0v) is 15.0. The molecule has 2 aromatic heterocycles. The fourth-order valence-electron chi connectivity index (χ4n) is 2.47. The number of hydrogen-bond acceptors (Lipinski definition) is 5. The molecule has 0 aliphatic carbocycles. The van der Waals surface area contributed by atoms with Crippen LogP contribution in [0.2, 0.25) is 0 Å². The van der Waals surface area contributed by atoms with E-state index in [2.05, 4.69) is 21.5 Å². The third-order valence-electron chi connectivity index (χ3n) is 3.77. The summed E-state index contributed by atoms with van der Waals surface area (Å²) >= 11 is 1.55. The Balaban J connectivity index is 1.35. The van der Waals surface area contributed by atoms with Crippen LogP contribution in [0.25, 0.3) is 0 Å². The van der Waals surface area contributed by atoms with Gasteiger partial charge < -0.3 is 4.42 Å². The Labute approximate surface area is 150 Å². The Bertz CT molecular complexity index is 802. The lowest BCUT2D eigenvalue weighted by Gasteiger charge is -2.01. The van der Waals surface area contributed by atoms with Gasteiger partial charge in [0, 0.05) is 18.5 Å². The van der Waals surface area contributed by atoms with Gasteiger partial charge in [-0.2, -0.15) is 5.10 Å². The Morgan fingerprint density at radius 3 is 2.84 bits per heavy atom. The van der Waals surface area contributed by atoms with Gasteiger partial charge in [-0.25, -0.2) is 4.39 Å². The van der Waals surface area contributed by atoms with E-state index in [0.717, 1.165) is 31.6 Å². The zero-order chi connectivity index (χ0) is 17.5. The molecule has 0 N–H and O–H groups in total. The van der Waals surface area contributed by atoms with Crippen LogP contribution in [0.4, 0.5) is 4.39 Å². The number of thioether (sulfide) groups is 1. The molecular weight excluding hydrogens is 339 g/mol. The third kappa shape index (κ3) is 5.42. The van der Waals surface area contributed by atoms with Gasteiger partial charge in [0.1, 0.15) is 5.82 Å². The molecular formula is C18H21FN4OS. The van der Waals surface area contributed by atoms with Gasteiger partial charge in [-0.1, -0.05) is 36.4 Å². The van der Waals surface area contributed by atoms with Crippen molar-refractivity contribution < 1.29 is 8.81 Å². The molecule has 0 spiro atoms. The average Bonchev–Trinajstić information content (AvgIpc) is 3.22. The van der Waals surface area contributed by atoms with Crippen LogP contribution >= 0.6 is 11.8 Å². The monoisotopic (exact) mass is 360 g/mol. The standard InChI is InChI=1S/C18H21FN4OS/c1-14-12-20-23(13-14)9-5-2-6-10-25-18-22-21-17(24-18)11-15-7-3-4-8-16(15)19/h3-4,7-8,12-13H,2,5-6,9-11H2,1H3. The van der Waals surface area contributed by atoms with E-state index in [1.807, 2.05) is 17.8 Å². The molecule has 5 nitrogen and oxygen atoms in total. The molecule has 3 rings (SSSR count). The first kappa shape index (κ1) is 17.7. The van der Waals surface area contributed by atoms with Crippen molar-refractivity contribution in [3.8, 4) is 0 Å². The Morgan fingerprint density at radius 2 is 2.04 bits per heavy atom. The van der Waals surface area contributed by atoms with Gasteiger partial charge in [-0.05, 0) is 37.0 Å². The predicted octanol–water partition coefficient (Wildman–Crippen LogP) is 4.27. The lowest BCUT2D eigenvalue weighted by Crippen LogP contribution is -1.98. The van der Waals surface area contributed by atoms with Crippen molar-refractivity contribution in [3.63, 3.8) is 0 Å². The molecule has 7 heteroatoms.